The normalized spacial score (nSPS) is 11.6. The van der Waals surface area contributed by atoms with Crippen LogP contribution in [0.25, 0.3) is 0 Å². The largest absolute Gasteiger partial charge is 0.492 e. The van der Waals surface area contributed by atoms with E-state index in [2.05, 4.69) is 5.32 Å². The third-order valence-corrected chi connectivity index (χ3v) is 3.33. The van der Waals surface area contributed by atoms with Crippen LogP contribution in [0.4, 0.5) is 0 Å². The van der Waals surface area contributed by atoms with Gasteiger partial charge in [0.05, 0.1) is 6.54 Å². The number of hydrogen-bond acceptors (Lipinski definition) is 3. The molecule has 2 rings (SSSR count). The van der Waals surface area contributed by atoms with Crippen LogP contribution in [0.2, 0.25) is 0 Å². The van der Waals surface area contributed by atoms with Gasteiger partial charge < -0.3 is 14.8 Å². The number of rotatable bonds is 7. The average molecular weight is 313 g/mol. The maximum absolute atomic E-state index is 12.0. The molecule has 122 valence electrons. The van der Waals surface area contributed by atoms with Gasteiger partial charge in [0.2, 0.25) is 0 Å². The van der Waals surface area contributed by atoms with Crippen LogP contribution in [-0.2, 0) is 4.79 Å². The summed E-state index contributed by atoms with van der Waals surface area (Å²) in [5.74, 6) is 1.35. The van der Waals surface area contributed by atoms with E-state index >= 15 is 0 Å². The number of hydrogen-bond donors (Lipinski definition) is 1. The SMILES string of the molecule is Cc1cccc(OCCNC(=O)[C@H](C)Oc2cccc(C)c2)c1. The summed E-state index contributed by atoms with van der Waals surface area (Å²) in [5.41, 5.74) is 2.24. The van der Waals surface area contributed by atoms with Gasteiger partial charge in [-0.25, -0.2) is 0 Å². The highest BCUT2D eigenvalue weighted by atomic mass is 16.5. The van der Waals surface area contributed by atoms with Gasteiger partial charge in [0.1, 0.15) is 18.1 Å². The Hall–Kier alpha value is -2.49. The highest BCUT2D eigenvalue weighted by Crippen LogP contribution is 2.14. The zero-order chi connectivity index (χ0) is 16.7. The molecule has 0 aliphatic rings. The molecule has 0 fully saturated rings. The van der Waals surface area contributed by atoms with Crippen molar-refractivity contribution in [3.05, 3.63) is 59.7 Å². The topological polar surface area (TPSA) is 47.6 Å². The minimum atomic E-state index is -0.546. The summed E-state index contributed by atoms with van der Waals surface area (Å²) < 4.78 is 11.2. The Labute approximate surface area is 137 Å². The van der Waals surface area contributed by atoms with E-state index in [1.807, 2.05) is 62.4 Å². The van der Waals surface area contributed by atoms with Crippen LogP contribution in [0.3, 0.4) is 0 Å². The second-order valence-electron chi connectivity index (χ2n) is 5.53. The Morgan fingerprint density at radius 2 is 1.65 bits per heavy atom. The zero-order valence-corrected chi connectivity index (χ0v) is 13.8. The Balaban J connectivity index is 1.71. The van der Waals surface area contributed by atoms with Crippen molar-refractivity contribution in [2.75, 3.05) is 13.2 Å². The molecule has 0 bridgehead atoms. The highest BCUT2D eigenvalue weighted by Gasteiger charge is 2.14. The summed E-state index contributed by atoms with van der Waals surface area (Å²) in [7, 11) is 0. The Bertz CT molecular complexity index is 655. The van der Waals surface area contributed by atoms with Crippen molar-refractivity contribution in [2.45, 2.75) is 26.9 Å². The van der Waals surface area contributed by atoms with Gasteiger partial charge >= 0.3 is 0 Å². The van der Waals surface area contributed by atoms with E-state index in [0.717, 1.165) is 16.9 Å². The van der Waals surface area contributed by atoms with E-state index in [9.17, 15) is 4.79 Å². The summed E-state index contributed by atoms with van der Waals surface area (Å²) in [4.78, 5) is 12.0. The van der Waals surface area contributed by atoms with Crippen molar-refractivity contribution in [2.24, 2.45) is 0 Å². The van der Waals surface area contributed by atoms with Crippen molar-refractivity contribution < 1.29 is 14.3 Å². The minimum Gasteiger partial charge on any atom is -0.492 e. The van der Waals surface area contributed by atoms with Crippen LogP contribution < -0.4 is 14.8 Å². The lowest BCUT2D eigenvalue weighted by Crippen LogP contribution is -2.38. The first-order valence-corrected chi connectivity index (χ1v) is 7.75. The molecule has 0 unspecified atom stereocenters. The van der Waals surface area contributed by atoms with E-state index < -0.39 is 6.10 Å². The number of carbonyl (C=O) groups is 1. The molecule has 0 aliphatic heterocycles. The molecule has 2 aromatic carbocycles. The average Bonchev–Trinajstić information content (AvgIpc) is 2.51. The van der Waals surface area contributed by atoms with E-state index in [0.29, 0.717) is 18.9 Å². The first-order chi connectivity index (χ1) is 11.0. The Kier molecular flexibility index (Phi) is 6.03. The minimum absolute atomic E-state index is 0.153. The third kappa shape index (κ3) is 5.66. The standard InChI is InChI=1S/C19H23NO3/c1-14-6-4-8-17(12-14)22-11-10-20-19(21)16(3)23-18-9-5-7-15(2)13-18/h4-9,12-13,16H,10-11H2,1-3H3,(H,20,21)/t16-/m0/s1. The van der Waals surface area contributed by atoms with Crippen LogP contribution in [0.5, 0.6) is 11.5 Å². The fraction of sp³-hybridized carbons (Fsp3) is 0.316. The first-order valence-electron chi connectivity index (χ1n) is 7.75. The quantitative estimate of drug-likeness (QED) is 0.798. The molecule has 23 heavy (non-hydrogen) atoms. The van der Waals surface area contributed by atoms with Crippen molar-refractivity contribution in [3.63, 3.8) is 0 Å². The van der Waals surface area contributed by atoms with Gasteiger partial charge in [-0.3, -0.25) is 4.79 Å². The summed E-state index contributed by atoms with van der Waals surface area (Å²) in [5, 5.41) is 2.81. The number of amides is 1. The molecule has 0 aromatic heterocycles. The number of aryl methyl sites for hydroxylation is 2. The smallest absolute Gasteiger partial charge is 0.260 e. The summed E-state index contributed by atoms with van der Waals surface area (Å²) >= 11 is 0. The van der Waals surface area contributed by atoms with Crippen LogP contribution in [0.1, 0.15) is 18.1 Å². The predicted octanol–water partition coefficient (Wildman–Crippen LogP) is 3.27. The molecule has 0 saturated carbocycles. The number of nitrogens with one attached hydrogen (secondary N) is 1. The van der Waals surface area contributed by atoms with Crippen molar-refractivity contribution in [3.8, 4) is 11.5 Å². The van der Waals surface area contributed by atoms with Gasteiger partial charge in [0.15, 0.2) is 6.10 Å². The van der Waals surface area contributed by atoms with Gasteiger partial charge in [0.25, 0.3) is 5.91 Å². The van der Waals surface area contributed by atoms with E-state index in [1.54, 1.807) is 6.92 Å². The van der Waals surface area contributed by atoms with E-state index in [4.69, 9.17) is 9.47 Å². The monoisotopic (exact) mass is 313 g/mol. The van der Waals surface area contributed by atoms with Gasteiger partial charge in [-0.15, -0.1) is 0 Å². The second kappa shape index (κ2) is 8.22. The lowest BCUT2D eigenvalue weighted by atomic mass is 10.2. The number of carbonyl (C=O) groups excluding carboxylic acids is 1. The van der Waals surface area contributed by atoms with E-state index in [-0.39, 0.29) is 5.91 Å². The highest BCUT2D eigenvalue weighted by molar-refractivity contribution is 5.80. The van der Waals surface area contributed by atoms with Gasteiger partial charge in [-0.05, 0) is 56.2 Å². The van der Waals surface area contributed by atoms with Crippen molar-refractivity contribution >= 4 is 5.91 Å². The molecular formula is C19H23NO3. The van der Waals surface area contributed by atoms with Gasteiger partial charge in [0, 0.05) is 0 Å². The lowest BCUT2D eigenvalue weighted by molar-refractivity contribution is -0.127. The molecular weight excluding hydrogens is 290 g/mol. The van der Waals surface area contributed by atoms with Crippen LogP contribution in [0.15, 0.2) is 48.5 Å². The predicted molar refractivity (Wildman–Crippen MR) is 91.0 cm³/mol. The third-order valence-electron chi connectivity index (χ3n) is 3.33. The summed E-state index contributed by atoms with van der Waals surface area (Å²) in [6, 6.07) is 15.5. The molecule has 0 aliphatic carbocycles. The summed E-state index contributed by atoms with van der Waals surface area (Å²) in [6.07, 6.45) is -0.546. The molecule has 0 spiro atoms. The van der Waals surface area contributed by atoms with Crippen LogP contribution in [-0.4, -0.2) is 25.2 Å². The zero-order valence-electron chi connectivity index (χ0n) is 13.8. The Morgan fingerprint density at radius 3 is 2.30 bits per heavy atom. The maximum Gasteiger partial charge on any atom is 0.260 e. The Morgan fingerprint density at radius 1 is 1.04 bits per heavy atom. The van der Waals surface area contributed by atoms with Crippen molar-refractivity contribution in [1.29, 1.82) is 0 Å². The molecule has 1 amide bonds. The second-order valence-corrected chi connectivity index (χ2v) is 5.53. The van der Waals surface area contributed by atoms with Gasteiger partial charge in [-0.2, -0.15) is 0 Å². The molecule has 4 nitrogen and oxygen atoms in total. The fourth-order valence-corrected chi connectivity index (χ4v) is 2.14. The molecule has 4 heteroatoms. The summed E-state index contributed by atoms with van der Waals surface area (Å²) in [6.45, 7) is 6.60. The van der Waals surface area contributed by atoms with Crippen LogP contribution in [0, 0.1) is 13.8 Å². The molecule has 0 saturated heterocycles. The number of benzene rings is 2. The van der Waals surface area contributed by atoms with Gasteiger partial charge in [-0.1, -0.05) is 24.3 Å². The van der Waals surface area contributed by atoms with E-state index in [1.165, 1.54) is 0 Å². The van der Waals surface area contributed by atoms with Crippen LogP contribution >= 0.6 is 0 Å². The maximum atomic E-state index is 12.0. The first kappa shape index (κ1) is 16.9. The number of ether oxygens (including phenoxy) is 2. The molecule has 0 radical (unpaired) electrons. The molecule has 1 N–H and O–H groups in total. The fourth-order valence-electron chi connectivity index (χ4n) is 2.14. The molecule has 1 atom stereocenters. The molecule has 2 aromatic rings. The van der Waals surface area contributed by atoms with Crippen molar-refractivity contribution in [1.82, 2.24) is 5.32 Å². The lowest BCUT2D eigenvalue weighted by Gasteiger charge is -2.15. The molecule has 0 heterocycles.